The molecule has 0 radical (unpaired) electrons. The van der Waals surface area contributed by atoms with E-state index in [0.717, 1.165) is 0 Å². The second-order valence-electron chi connectivity index (χ2n) is 5.18. The topological polar surface area (TPSA) is 12.0 Å². The summed E-state index contributed by atoms with van der Waals surface area (Å²) >= 11 is 0. The van der Waals surface area contributed by atoms with Crippen LogP contribution in [0.2, 0.25) is 0 Å². The largest absolute Gasteiger partial charge is 0.382 e. The Morgan fingerprint density at radius 2 is 1.56 bits per heavy atom. The van der Waals surface area contributed by atoms with E-state index in [1.165, 1.54) is 17.7 Å². The summed E-state index contributed by atoms with van der Waals surface area (Å²) in [7, 11) is 0. The predicted molar refractivity (Wildman–Crippen MR) is 73.1 cm³/mol. The SMILES string of the molecule is CCC(Nc1ccc(C(C)C)cc1)C(C)C. The van der Waals surface area contributed by atoms with Crippen molar-refractivity contribution in [2.24, 2.45) is 5.92 Å². The molecule has 90 valence electrons. The molecule has 0 saturated carbocycles. The Bertz CT molecular complexity index is 298. The minimum Gasteiger partial charge on any atom is -0.382 e. The van der Waals surface area contributed by atoms with E-state index in [1.807, 2.05) is 0 Å². The Hall–Kier alpha value is -0.980. The summed E-state index contributed by atoms with van der Waals surface area (Å²) in [5.74, 6) is 1.29. The number of benzene rings is 1. The van der Waals surface area contributed by atoms with Crippen LogP contribution in [0.3, 0.4) is 0 Å². The van der Waals surface area contributed by atoms with E-state index < -0.39 is 0 Å². The molecule has 0 heterocycles. The van der Waals surface area contributed by atoms with Crippen molar-refractivity contribution in [2.75, 3.05) is 5.32 Å². The van der Waals surface area contributed by atoms with Crippen molar-refractivity contribution in [3.05, 3.63) is 29.8 Å². The summed E-state index contributed by atoms with van der Waals surface area (Å²) in [5.41, 5.74) is 2.65. The van der Waals surface area contributed by atoms with Gasteiger partial charge < -0.3 is 5.32 Å². The quantitative estimate of drug-likeness (QED) is 0.759. The molecular formula is C15H25N. The summed E-state index contributed by atoms with van der Waals surface area (Å²) in [6, 6.07) is 9.41. The summed E-state index contributed by atoms with van der Waals surface area (Å²) in [4.78, 5) is 0. The van der Waals surface area contributed by atoms with Crippen molar-refractivity contribution in [2.45, 2.75) is 53.0 Å². The molecule has 1 nitrogen and oxygen atoms in total. The van der Waals surface area contributed by atoms with Crippen molar-refractivity contribution in [1.82, 2.24) is 0 Å². The predicted octanol–water partition coefficient (Wildman–Crippen LogP) is 4.66. The van der Waals surface area contributed by atoms with Gasteiger partial charge in [0.2, 0.25) is 0 Å². The van der Waals surface area contributed by atoms with Crippen LogP contribution in [0.15, 0.2) is 24.3 Å². The van der Waals surface area contributed by atoms with E-state index in [1.54, 1.807) is 0 Å². The zero-order valence-corrected chi connectivity index (χ0v) is 11.2. The van der Waals surface area contributed by atoms with Crippen LogP contribution in [0.5, 0.6) is 0 Å². The summed E-state index contributed by atoms with van der Waals surface area (Å²) in [5, 5.41) is 3.59. The first-order chi connectivity index (χ1) is 7.54. The highest BCUT2D eigenvalue weighted by atomic mass is 14.9. The lowest BCUT2D eigenvalue weighted by Gasteiger charge is -2.22. The second kappa shape index (κ2) is 5.93. The first-order valence-corrected chi connectivity index (χ1v) is 6.41. The van der Waals surface area contributed by atoms with Gasteiger partial charge in [0.25, 0.3) is 0 Å². The minimum atomic E-state index is 0.574. The molecule has 1 aromatic carbocycles. The van der Waals surface area contributed by atoms with Gasteiger partial charge in [0.15, 0.2) is 0 Å². The molecule has 1 rings (SSSR count). The van der Waals surface area contributed by atoms with Crippen molar-refractivity contribution in [3.63, 3.8) is 0 Å². The lowest BCUT2D eigenvalue weighted by Crippen LogP contribution is -2.24. The Kier molecular flexibility index (Phi) is 4.85. The lowest BCUT2D eigenvalue weighted by atomic mass is 10.0. The van der Waals surface area contributed by atoms with Crippen LogP contribution in [0.25, 0.3) is 0 Å². The van der Waals surface area contributed by atoms with Crippen LogP contribution in [-0.2, 0) is 0 Å². The molecule has 0 aliphatic heterocycles. The van der Waals surface area contributed by atoms with Crippen LogP contribution in [0.1, 0.15) is 52.5 Å². The number of hydrogen-bond acceptors (Lipinski definition) is 1. The first kappa shape index (κ1) is 13.1. The Morgan fingerprint density at radius 3 is 1.94 bits per heavy atom. The maximum atomic E-state index is 3.59. The molecule has 0 saturated heterocycles. The van der Waals surface area contributed by atoms with Crippen LogP contribution in [0.4, 0.5) is 5.69 Å². The molecule has 0 bridgehead atoms. The maximum absolute atomic E-state index is 3.59. The fourth-order valence-electron chi connectivity index (χ4n) is 1.92. The van der Waals surface area contributed by atoms with Gasteiger partial charge in [0.05, 0.1) is 0 Å². The van der Waals surface area contributed by atoms with Crippen molar-refractivity contribution < 1.29 is 0 Å². The third-order valence-electron chi connectivity index (χ3n) is 3.17. The number of anilines is 1. The van der Waals surface area contributed by atoms with Crippen LogP contribution in [0, 0.1) is 5.92 Å². The highest BCUT2D eigenvalue weighted by Crippen LogP contribution is 2.19. The van der Waals surface area contributed by atoms with Crippen LogP contribution >= 0.6 is 0 Å². The third-order valence-corrected chi connectivity index (χ3v) is 3.17. The first-order valence-electron chi connectivity index (χ1n) is 6.41. The van der Waals surface area contributed by atoms with Gasteiger partial charge >= 0.3 is 0 Å². The van der Waals surface area contributed by atoms with E-state index in [4.69, 9.17) is 0 Å². The van der Waals surface area contributed by atoms with E-state index in [2.05, 4.69) is 64.2 Å². The molecule has 0 aromatic heterocycles. The van der Waals surface area contributed by atoms with E-state index in [0.29, 0.717) is 17.9 Å². The number of rotatable bonds is 5. The molecule has 0 aliphatic carbocycles. The van der Waals surface area contributed by atoms with Crippen molar-refractivity contribution in [1.29, 1.82) is 0 Å². The van der Waals surface area contributed by atoms with Crippen LogP contribution < -0.4 is 5.32 Å². The molecule has 0 aliphatic rings. The molecule has 1 heteroatoms. The van der Waals surface area contributed by atoms with Gasteiger partial charge in [-0.2, -0.15) is 0 Å². The highest BCUT2D eigenvalue weighted by molar-refractivity contribution is 5.46. The summed E-state index contributed by atoms with van der Waals surface area (Å²) < 4.78 is 0. The average Bonchev–Trinajstić information content (AvgIpc) is 2.26. The molecule has 0 spiro atoms. The van der Waals surface area contributed by atoms with Gasteiger partial charge in [-0.05, 0) is 36.0 Å². The van der Waals surface area contributed by atoms with Gasteiger partial charge in [-0.3, -0.25) is 0 Å². The standard InChI is InChI=1S/C15H25N/c1-6-15(12(4)5)16-14-9-7-13(8-10-14)11(2)3/h7-12,15-16H,6H2,1-5H3. The molecule has 1 atom stereocenters. The Balaban J connectivity index is 2.67. The van der Waals surface area contributed by atoms with Crippen molar-refractivity contribution >= 4 is 5.69 Å². The summed E-state index contributed by atoms with van der Waals surface area (Å²) in [6.07, 6.45) is 1.17. The van der Waals surface area contributed by atoms with Gasteiger partial charge in [0, 0.05) is 11.7 Å². The molecule has 1 unspecified atom stereocenters. The molecule has 1 aromatic rings. The van der Waals surface area contributed by atoms with Gasteiger partial charge in [-0.15, -0.1) is 0 Å². The lowest BCUT2D eigenvalue weighted by molar-refractivity contribution is 0.511. The van der Waals surface area contributed by atoms with E-state index >= 15 is 0 Å². The van der Waals surface area contributed by atoms with E-state index in [9.17, 15) is 0 Å². The number of nitrogens with one attached hydrogen (secondary N) is 1. The van der Waals surface area contributed by atoms with Crippen molar-refractivity contribution in [3.8, 4) is 0 Å². The number of hydrogen-bond donors (Lipinski definition) is 1. The summed E-state index contributed by atoms with van der Waals surface area (Å²) in [6.45, 7) is 11.2. The second-order valence-corrected chi connectivity index (χ2v) is 5.18. The van der Waals surface area contributed by atoms with Crippen LogP contribution in [-0.4, -0.2) is 6.04 Å². The highest BCUT2D eigenvalue weighted by Gasteiger charge is 2.10. The van der Waals surface area contributed by atoms with Gasteiger partial charge in [-0.1, -0.05) is 46.8 Å². The average molecular weight is 219 g/mol. The molecule has 0 amide bonds. The molecule has 1 N–H and O–H groups in total. The Morgan fingerprint density at radius 1 is 1.00 bits per heavy atom. The van der Waals surface area contributed by atoms with Gasteiger partial charge in [-0.25, -0.2) is 0 Å². The van der Waals surface area contributed by atoms with Gasteiger partial charge in [0.1, 0.15) is 0 Å². The molecule has 0 fully saturated rings. The zero-order chi connectivity index (χ0) is 12.1. The normalized spacial score (nSPS) is 13.2. The molecule has 16 heavy (non-hydrogen) atoms. The zero-order valence-electron chi connectivity index (χ0n) is 11.2. The smallest absolute Gasteiger partial charge is 0.0342 e. The monoisotopic (exact) mass is 219 g/mol. The third kappa shape index (κ3) is 3.55. The Labute approximate surface area is 100 Å². The minimum absolute atomic E-state index is 0.574. The molecular weight excluding hydrogens is 194 g/mol. The van der Waals surface area contributed by atoms with E-state index in [-0.39, 0.29) is 0 Å². The fraction of sp³-hybridized carbons (Fsp3) is 0.600. The maximum Gasteiger partial charge on any atom is 0.0342 e. The fourth-order valence-corrected chi connectivity index (χ4v) is 1.92.